The average Bonchev–Trinajstić information content (AvgIpc) is 2.76. The number of nitrogen functional groups attached to an aromatic ring is 2. The number of hydrogen-bond acceptors (Lipinski definition) is 9. The Balaban J connectivity index is 2.20. The SMILES string of the molecule is CCOCC(CO)OCn1c(N)nc2c(O)nc(N)nc21. The van der Waals surface area contributed by atoms with Crippen molar-refractivity contribution in [3.8, 4) is 5.88 Å². The maximum absolute atomic E-state index is 9.67. The van der Waals surface area contributed by atoms with Crippen LogP contribution in [0.5, 0.6) is 5.88 Å². The van der Waals surface area contributed by atoms with Crippen LogP contribution in [0.4, 0.5) is 11.9 Å². The van der Waals surface area contributed by atoms with Gasteiger partial charge < -0.3 is 31.2 Å². The van der Waals surface area contributed by atoms with E-state index in [0.29, 0.717) is 6.61 Å². The first-order chi connectivity index (χ1) is 10.1. The maximum atomic E-state index is 9.67. The molecule has 1 atom stereocenters. The van der Waals surface area contributed by atoms with E-state index < -0.39 is 6.10 Å². The Hall–Kier alpha value is -2.17. The summed E-state index contributed by atoms with van der Waals surface area (Å²) in [6.07, 6.45) is -0.505. The molecule has 0 aliphatic rings. The van der Waals surface area contributed by atoms with Crippen LogP contribution in [-0.2, 0) is 16.2 Å². The number of fused-ring (bicyclic) bond motifs is 1. The molecular weight excluding hydrogens is 280 g/mol. The second kappa shape index (κ2) is 6.52. The molecule has 116 valence electrons. The fourth-order valence-corrected chi connectivity index (χ4v) is 1.73. The fraction of sp³-hybridized carbons (Fsp3) is 0.545. The Labute approximate surface area is 120 Å². The van der Waals surface area contributed by atoms with Crippen LogP contribution in [0.3, 0.4) is 0 Å². The van der Waals surface area contributed by atoms with Gasteiger partial charge in [-0.25, -0.2) is 4.98 Å². The van der Waals surface area contributed by atoms with E-state index in [4.69, 9.17) is 20.9 Å². The van der Waals surface area contributed by atoms with Crippen molar-refractivity contribution in [3.63, 3.8) is 0 Å². The standard InChI is InChI=1S/C11H18N6O4/c1-2-20-4-6(3-18)21-5-17-8-7(14-11(17)13)9(19)16-10(12)15-8/h6,18H,2-5H2,1H3,(H2,13,14)(H3,12,15,16,19). The summed E-state index contributed by atoms with van der Waals surface area (Å²) in [6, 6.07) is 0. The van der Waals surface area contributed by atoms with Gasteiger partial charge in [0, 0.05) is 6.61 Å². The van der Waals surface area contributed by atoms with Gasteiger partial charge in [0.1, 0.15) is 12.8 Å². The predicted molar refractivity (Wildman–Crippen MR) is 74.3 cm³/mol. The summed E-state index contributed by atoms with van der Waals surface area (Å²) in [5.74, 6) is -0.363. The van der Waals surface area contributed by atoms with Crippen LogP contribution in [0.2, 0.25) is 0 Å². The Bertz CT molecular complexity index is 616. The fourth-order valence-electron chi connectivity index (χ4n) is 1.73. The van der Waals surface area contributed by atoms with E-state index in [-0.39, 0.29) is 48.9 Å². The molecule has 0 aliphatic carbocycles. The number of aromatic hydroxyl groups is 1. The van der Waals surface area contributed by atoms with Crippen LogP contribution in [0.1, 0.15) is 6.92 Å². The molecule has 0 radical (unpaired) electrons. The lowest BCUT2D eigenvalue weighted by molar-refractivity contribution is -0.0641. The van der Waals surface area contributed by atoms with Gasteiger partial charge in [-0.1, -0.05) is 0 Å². The normalized spacial score (nSPS) is 12.9. The average molecular weight is 298 g/mol. The molecule has 2 rings (SSSR count). The molecule has 0 amide bonds. The van der Waals surface area contributed by atoms with Gasteiger partial charge in [0.25, 0.3) is 0 Å². The van der Waals surface area contributed by atoms with Gasteiger partial charge in [0.2, 0.25) is 17.8 Å². The van der Waals surface area contributed by atoms with E-state index in [1.54, 1.807) is 0 Å². The third kappa shape index (κ3) is 3.29. The summed E-state index contributed by atoms with van der Waals surface area (Å²) in [6.45, 7) is 2.40. The first-order valence-corrected chi connectivity index (χ1v) is 6.35. The molecule has 0 aromatic carbocycles. The highest BCUT2D eigenvalue weighted by molar-refractivity contribution is 5.79. The van der Waals surface area contributed by atoms with Gasteiger partial charge in [0.15, 0.2) is 11.2 Å². The quantitative estimate of drug-likeness (QED) is 0.507. The van der Waals surface area contributed by atoms with E-state index in [1.165, 1.54) is 4.57 Å². The van der Waals surface area contributed by atoms with Gasteiger partial charge >= 0.3 is 0 Å². The van der Waals surface area contributed by atoms with Crippen molar-refractivity contribution in [2.45, 2.75) is 19.8 Å². The van der Waals surface area contributed by atoms with Crippen molar-refractivity contribution in [2.75, 3.05) is 31.3 Å². The minimum absolute atomic E-state index is 0.0173. The predicted octanol–water partition coefficient (Wildman–Crippen LogP) is -0.932. The van der Waals surface area contributed by atoms with Crippen molar-refractivity contribution in [1.29, 1.82) is 0 Å². The monoisotopic (exact) mass is 298 g/mol. The molecule has 0 saturated heterocycles. The topological polar surface area (TPSA) is 155 Å². The van der Waals surface area contributed by atoms with Crippen LogP contribution in [-0.4, -0.2) is 55.7 Å². The zero-order valence-electron chi connectivity index (χ0n) is 11.6. The summed E-state index contributed by atoms with van der Waals surface area (Å²) in [7, 11) is 0. The van der Waals surface area contributed by atoms with Gasteiger partial charge in [-0.2, -0.15) is 9.97 Å². The Kier molecular flexibility index (Phi) is 4.73. The minimum Gasteiger partial charge on any atom is -0.492 e. The molecule has 0 fully saturated rings. The van der Waals surface area contributed by atoms with Crippen molar-refractivity contribution in [2.24, 2.45) is 0 Å². The van der Waals surface area contributed by atoms with E-state index >= 15 is 0 Å². The molecule has 0 spiro atoms. The highest BCUT2D eigenvalue weighted by Gasteiger charge is 2.17. The van der Waals surface area contributed by atoms with E-state index in [2.05, 4.69) is 15.0 Å². The Morgan fingerprint density at radius 2 is 2.05 bits per heavy atom. The maximum Gasteiger partial charge on any atom is 0.244 e. The van der Waals surface area contributed by atoms with Crippen LogP contribution in [0.25, 0.3) is 11.2 Å². The largest absolute Gasteiger partial charge is 0.492 e. The molecule has 10 nitrogen and oxygen atoms in total. The van der Waals surface area contributed by atoms with Crippen LogP contribution >= 0.6 is 0 Å². The Morgan fingerprint density at radius 1 is 1.29 bits per heavy atom. The number of aliphatic hydroxyl groups excluding tert-OH is 1. The number of anilines is 2. The lowest BCUT2D eigenvalue weighted by atomic mass is 10.4. The van der Waals surface area contributed by atoms with E-state index in [9.17, 15) is 10.2 Å². The third-order valence-corrected chi connectivity index (χ3v) is 2.77. The van der Waals surface area contributed by atoms with Gasteiger partial charge in [0.05, 0.1) is 13.2 Å². The summed E-state index contributed by atoms with van der Waals surface area (Å²) >= 11 is 0. The molecular formula is C11H18N6O4. The molecule has 10 heteroatoms. The molecule has 6 N–H and O–H groups in total. The summed E-state index contributed by atoms with van der Waals surface area (Å²) < 4.78 is 12.1. The number of aromatic nitrogens is 4. The number of nitrogens with zero attached hydrogens (tertiary/aromatic N) is 4. The van der Waals surface area contributed by atoms with Crippen LogP contribution in [0.15, 0.2) is 0 Å². The van der Waals surface area contributed by atoms with Crippen molar-refractivity contribution in [1.82, 2.24) is 19.5 Å². The Morgan fingerprint density at radius 3 is 2.71 bits per heavy atom. The lowest BCUT2D eigenvalue weighted by Gasteiger charge is -2.16. The van der Waals surface area contributed by atoms with Gasteiger partial charge in [-0.05, 0) is 6.92 Å². The molecule has 0 aliphatic heterocycles. The number of ether oxygens (including phenoxy) is 2. The van der Waals surface area contributed by atoms with Crippen LogP contribution < -0.4 is 11.5 Å². The molecule has 2 heterocycles. The lowest BCUT2D eigenvalue weighted by Crippen LogP contribution is -2.25. The van der Waals surface area contributed by atoms with E-state index in [1.807, 2.05) is 6.92 Å². The minimum atomic E-state index is -0.505. The van der Waals surface area contributed by atoms with Crippen molar-refractivity contribution in [3.05, 3.63) is 0 Å². The number of hydrogen-bond donors (Lipinski definition) is 4. The number of imidazole rings is 1. The van der Waals surface area contributed by atoms with Gasteiger partial charge in [-0.3, -0.25) is 4.57 Å². The molecule has 1 unspecified atom stereocenters. The highest BCUT2D eigenvalue weighted by atomic mass is 16.5. The molecule has 0 bridgehead atoms. The molecule has 21 heavy (non-hydrogen) atoms. The third-order valence-electron chi connectivity index (χ3n) is 2.77. The van der Waals surface area contributed by atoms with Crippen molar-refractivity contribution >= 4 is 23.1 Å². The summed E-state index contributed by atoms with van der Waals surface area (Å²) in [5.41, 5.74) is 11.6. The first kappa shape index (κ1) is 15.2. The summed E-state index contributed by atoms with van der Waals surface area (Å²) in [5, 5.41) is 18.9. The number of nitrogens with two attached hydrogens (primary N) is 2. The van der Waals surface area contributed by atoms with Crippen LogP contribution in [0, 0.1) is 0 Å². The second-order valence-electron chi connectivity index (χ2n) is 4.24. The van der Waals surface area contributed by atoms with Gasteiger partial charge in [-0.15, -0.1) is 0 Å². The zero-order chi connectivity index (χ0) is 15.4. The second-order valence-corrected chi connectivity index (χ2v) is 4.24. The first-order valence-electron chi connectivity index (χ1n) is 6.35. The molecule has 2 aromatic rings. The zero-order valence-corrected chi connectivity index (χ0v) is 11.6. The highest BCUT2D eigenvalue weighted by Crippen LogP contribution is 2.23. The van der Waals surface area contributed by atoms with Crippen molar-refractivity contribution < 1.29 is 19.7 Å². The summed E-state index contributed by atoms with van der Waals surface area (Å²) in [4.78, 5) is 11.5. The number of aliphatic hydroxyl groups is 1. The number of rotatable bonds is 7. The molecule has 0 saturated carbocycles. The molecule has 2 aromatic heterocycles. The van der Waals surface area contributed by atoms with E-state index in [0.717, 1.165) is 0 Å². The smallest absolute Gasteiger partial charge is 0.244 e.